The topological polar surface area (TPSA) is 86.8 Å². The van der Waals surface area contributed by atoms with Crippen LogP contribution in [0.1, 0.15) is 30.0 Å². The number of rotatable bonds is 12. The Bertz CT molecular complexity index is 1490. The largest absolute Gasteiger partial charge is 0.417 e. The lowest BCUT2D eigenvalue weighted by Gasteiger charge is -2.33. The van der Waals surface area contributed by atoms with E-state index in [1.165, 1.54) is 4.90 Å². The molecule has 1 N–H and O–H groups in total. The Kier molecular flexibility index (Phi) is 11.3. The fourth-order valence-electron chi connectivity index (χ4n) is 4.21. The SMILES string of the molecule is CCCNC(=O)C(Cc1ccccc1)N(Cc1ccc(Cl)cc1)C(=O)CN(c1ccc(Cl)c(C(F)(F)F)c1)S(C)(=O)=O. The first-order chi connectivity index (χ1) is 19.7. The molecule has 3 aromatic rings. The van der Waals surface area contributed by atoms with Gasteiger partial charge in [0.05, 0.1) is 22.5 Å². The standard InChI is InChI=1S/C29H30Cl2F3N3O4S/c1-3-15-35-28(39)26(16-20-7-5-4-6-8-20)36(18-21-9-11-22(30)12-10-21)27(38)19-37(42(2,40)41)23-13-14-25(31)24(17-23)29(32,33)34/h4-14,17,26H,3,15-16,18-19H2,1-2H3,(H,35,39). The number of hydrogen-bond acceptors (Lipinski definition) is 4. The van der Waals surface area contributed by atoms with E-state index < -0.39 is 56.9 Å². The molecule has 0 spiro atoms. The number of hydrogen-bond donors (Lipinski definition) is 1. The van der Waals surface area contributed by atoms with Crippen molar-refractivity contribution in [3.8, 4) is 0 Å². The molecule has 13 heteroatoms. The molecule has 0 saturated carbocycles. The summed E-state index contributed by atoms with van der Waals surface area (Å²) in [5, 5.41) is 2.63. The highest BCUT2D eigenvalue weighted by atomic mass is 35.5. The highest BCUT2D eigenvalue weighted by Crippen LogP contribution is 2.37. The van der Waals surface area contributed by atoms with Gasteiger partial charge in [0.15, 0.2) is 0 Å². The fourth-order valence-corrected chi connectivity index (χ4v) is 5.40. The van der Waals surface area contributed by atoms with Crippen LogP contribution < -0.4 is 9.62 Å². The number of anilines is 1. The molecule has 7 nitrogen and oxygen atoms in total. The zero-order valence-corrected chi connectivity index (χ0v) is 25.2. The van der Waals surface area contributed by atoms with E-state index in [1.807, 2.05) is 6.92 Å². The minimum absolute atomic E-state index is 0.0981. The van der Waals surface area contributed by atoms with Gasteiger partial charge in [0.1, 0.15) is 12.6 Å². The molecule has 0 heterocycles. The van der Waals surface area contributed by atoms with Gasteiger partial charge < -0.3 is 10.2 Å². The van der Waals surface area contributed by atoms with Crippen molar-refractivity contribution in [1.29, 1.82) is 0 Å². The first-order valence-electron chi connectivity index (χ1n) is 12.9. The van der Waals surface area contributed by atoms with Crippen molar-refractivity contribution in [2.75, 3.05) is 23.7 Å². The second kappa shape index (κ2) is 14.3. The van der Waals surface area contributed by atoms with Gasteiger partial charge in [-0.25, -0.2) is 8.42 Å². The highest BCUT2D eigenvalue weighted by Gasteiger charge is 2.36. The molecule has 0 radical (unpaired) electrons. The van der Waals surface area contributed by atoms with Crippen molar-refractivity contribution in [2.24, 2.45) is 0 Å². The van der Waals surface area contributed by atoms with Crippen molar-refractivity contribution >= 4 is 50.7 Å². The molecule has 42 heavy (non-hydrogen) atoms. The lowest BCUT2D eigenvalue weighted by atomic mass is 10.0. The third-order valence-corrected chi connectivity index (χ3v) is 8.03. The molecule has 3 rings (SSSR count). The highest BCUT2D eigenvalue weighted by molar-refractivity contribution is 7.92. The lowest BCUT2D eigenvalue weighted by molar-refractivity contribution is -0.140. The third-order valence-electron chi connectivity index (χ3n) is 6.31. The average molecular weight is 645 g/mol. The molecule has 226 valence electrons. The number of sulfonamides is 1. The zero-order valence-electron chi connectivity index (χ0n) is 22.9. The van der Waals surface area contributed by atoms with Crippen LogP contribution in [-0.2, 0) is 38.8 Å². The fraction of sp³-hybridized carbons (Fsp3) is 0.310. The summed E-state index contributed by atoms with van der Waals surface area (Å²) < 4.78 is 66.9. The molecule has 1 atom stereocenters. The molecule has 0 aliphatic rings. The van der Waals surface area contributed by atoms with Gasteiger partial charge in [-0.2, -0.15) is 13.2 Å². The van der Waals surface area contributed by atoms with Crippen LogP contribution in [0.4, 0.5) is 18.9 Å². The van der Waals surface area contributed by atoms with E-state index in [1.54, 1.807) is 54.6 Å². The van der Waals surface area contributed by atoms with E-state index >= 15 is 0 Å². The van der Waals surface area contributed by atoms with E-state index in [0.717, 1.165) is 24.0 Å². The molecule has 2 amide bonds. The first kappa shape index (κ1) is 33.2. The van der Waals surface area contributed by atoms with Crippen molar-refractivity contribution < 1.29 is 31.2 Å². The molecule has 0 bridgehead atoms. The van der Waals surface area contributed by atoms with E-state index in [-0.39, 0.29) is 13.0 Å². The normalized spacial score (nSPS) is 12.5. The van der Waals surface area contributed by atoms with Gasteiger partial charge in [-0.1, -0.05) is 72.6 Å². The second-order valence-electron chi connectivity index (χ2n) is 9.58. The van der Waals surface area contributed by atoms with Crippen molar-refractivity contribution in [3.63, 3.8) is 0 Å². The van der Waals surface area contributed by atoms with Crippen LogP contribution >= 0.6 is 23.2 Å². The monoisotopic (exact) mass is 643 g/mol. The van der Waals surface area contributed by atoms with Gasteiger partial charge in [0.2, 0.25) is 21.8 Å². The minimum Gasteiger partial charge on any atom is -0.354 e. The Hall–Kier alpha value is -3.28. The lowest BCUT2D eigenvalue weighted by Crippen LogP contribution is -2.53. The predicted octanol–water partition coefficient (Wildman–Crippen LogP) is 5.94. The number of nitrogens with zero attached hydrogens (tertiary/aromatic N) is 2. The summed E-state index contributed by atoms with van der Waals surface area (Å²) in [6.45, 7) is 1.25. The number of nitrogens with one attached hydrogen (secondary N) is 1. The van der Waals surface area contributed by atoms with Crippen LogP contribution in [0.15, 0.2) is 72.8 Å². The van der Waals surface area contributed by atoms with E-state index in [2.05, 4.69) is 5.32 Å². The zero-order chi connectivity index (χ0) is 31.1. The Morgan fingerprint density at radius 2 is 1.60 bits per heavy atom. The molecule has 0 aliphatic heterocycles. The number of alkyl halides is 3. The molecule has 3 aromatic carbocycles. The molecule has 0 aromatic heterocycles. The Morgan fingerprint density at radius 3 is 2.17 bits per heavy atom. The number of carbonyl (C=O) groups excluding carboxylic acids is 2. The van der Waals surface area contributed by atoms with Gasteiger partial charge in [-0.05, 0) is 47.9 Å². The van der Waals surface area contributed by atoms with Gasteiger partial charge in [-0.15, -0.1) is 0 Å². The number of carbonyl (C=O) groups is 2. The average Bonchev–Trinajstić information content (AvgIpc) is 2.93. The Balaban J connectivity index is 2.08. The Labute approximate surface area is 253 Å². The van der Waals surface area contributed by atoms with E-state index in [9.17, 15) is 31.2 Å². The van der Waals surface area contributed by atoms with Gasteiger partial charge in [0.25, 0.3) is 0 Å². The summed E-state index contributed by atoms with van der Waals surface area (Å²) in [6, 6.07) is 17.0. The van der Waals surface area contributed by atoms with Gasteiger partial charge in [-0.3, -0.25) is 13.9 Å². The number of halogens is 5. The van der Waals surface area contributed by atoms with Crippen molar-refractivity contribution in [1.82, 2.24) is 10.2 Å². The third kappa shape index (κ3) is 9.11. The van der Waals surface area contributed by atoms with E-state index in [4.69, 9.17) is 23.2 Å². The van der Waals surface area contributed by atoms with Crippen LogP contribution in [0.3, 0.4) is 0 Å². The quantitative estimate of drug-likeness (QED) is 0.264. The maximum atomic E-state index is 14.0. The number of benzene rings is 3. The second-order valence-corrected chi connectivity index (χ2v) is 12.3. The van der Waals surface area contributed by atoms with Gasteiger partial charge in [0, 0.05) is 24.5 Å². The van der Waals surface area contributed by atoms with E-state index in [0.29, 0.717) is 33.9 Å². The predicted molar refractivity (Wildman–Crippen MR) is 158 cm³/mol. The summed E-state index contributed by atoms with van der Waals surface area (Å²) in [5.41, 5.74) is -0.299. The summed E-state index contributed by atoms with van der Waals surface area (Å²) in [7, 11) is -4.26. The summed E-state index contributed by atoms with van der Waals surface area (Å²) in [5.74, 6) is -1.26. The van der Waals surface area contributed by atoms with Crippen molar-refractivity contribution in [3.05, 3.63) is 99.5 Å². The maximum absolute atomic E-state index is 14.0. The number of amides is 2. The molecule has 1 unspecified atom stereocenters. The van der Waals surface area contributed by atoms with Gasteiger partial charge >= 0.3 is 6.18 Å². The molecule has 0 fully saturated rings. The van der Waals surface area contributed by atoms with Crippen LogP contribution in [-0.4, -0.2) is 50.5 Å². The van der Waals surface area contributed by atoms with Crippen LogP contribution in [0.25, 0.3) is 0 Å². The minimum atomic E-state index is -4.86. The van der Waals surface area contributed by atoms with Crippen LogP contribution in [0, 0.1) is 0 Å². The summed E-state index contributed by atoms with van der Waals surface area (Å²) in [6.07, 6.45) is -3.34. The molecule has 0 aliphatic carbocycles. The molecular formula is C29H30Cl2F3N3O4S. The Morgan fingerprint density at radius 1 is 0.952 bits per heavy atom. The first-order valence-corrected chi connectivity index (χ1v) is 15.5. The summed E-state index contributed by atoms with van der Waals surface area (Å²) in [4.78, 5) is 28.6. The maximum Gasteiger partial charge on any atom is 0.417 e. The van der Waals surface area contributed by atoms with Crippen LogP contribution in [0.2, 0.25) is 10.0 Å². The van der Waals surface area contributed by atoms with Crippen molar-refractivity contribution in [2.45, 2.75) is 38.5 Å². The summed E-state index contributed by atoms with van der Waals surface area (Å²) >= 11 is 11.8. The smallest absolute Gasteiger partial charge is 0.354 e. The molecular weight excluding hydrogens is 614 g/mol. The van der Waals surface area contributed by atoms with Crippen LogP contribution in [0.5, 0.6) is 0 Å². The molecule has 0 saturated heterocycles.